The summed E-state index contributed by atoms with van der Waals surface area (Å²) in [6.45, 7) is 5.11. The number of carbonyl (C=O) groups is 4. The van der Waals surface area contributed by atoms with Crippen LogP contribution in [0.5, 0.6) is 0 Å². The fraction of sp³-hybridized carbons (Fsp3) is 0.765. The van der Waals surface area contributed by atoms with Gasteiger partial charge in [-0.2, -0.15) is 0 Å². The summed E-state index contributed by atoms with van der Waals surface area (Å²) < 4.78 is 4.63. The van der Waals surface area contributed by atoms with Gasteiger partial charge in [0.1, 0.15) is 12.1 Å². The van der Waals surface area contributed by atoms with Crippen molar-refractivity contribution in [3.63, 3.8) is 0 Å². The largest absolute Gasteiger partial charge is 0.467 e. The van der Waals surface area contributed by atoms with Gasteiger partial charge in [0.15, 0.2) is 0 Å². The van der Waals surface area contributed by atoms with E-state index in [4.69, 9.17) is 5.73 Å². The van der Waals surface area contributed by atoms with Crippen molar-refractivity contribution in [2.45, 2.75) is 64.5 Å². The summed E-state index contributed by atoms with van der Waals surface area (Å²) in [5.74, 6) is -0.580. The average molecular weight is 355 g/mol. The van der Waals surface area contributed by atoms with E-state index in [9.17, 15) is 19.2 Å². The normalized spacial score (nSPS) is 19.3. The molecule has 2 saturated heterocycles. The van der Waals surface area contributed by atoms with Gasteiger partial charge >= 0.3 is 5.97 Å². The summed E-state index contributed by atoms with van der Waals surface area (Å²) in [5.41, 5.74) is 5.16. The third kappa shape index (κ3) is 5.44. The van der Waals surface area contributed by atoms with Crippen molar-refractivity contribution in [1.82, 2.24) is 9.80 Å². The SMILES string of the molecule is CC[C@@H](C(=O)OC)N1CCCC1=O.CC[C@@H](C(N)=O)N1CCCC1=O. The van der Waals surface area contributed by atoms with Gasteiger partial charge in [0.2, 0.25) is 17.7 Å². The van der Waals surface area contributed by atoms with Crippen LogP contribution in [-0.4, -0.2) is 65.8 Å². The summed E-state index contributed by atoms with van der Waals surface area (Å²) >= 11 is 0. The number of methoxy groups -OCH3 is 1. The molecule has 2 N–H and O–H groups in total. The van der Waals surface area contributed by atoms with Crippen molar-refractivity contribution >= 4 is 23.7 Å². The number of rotatable bonds is 6. The third-order valence-corrected chi connectivity index (χ3v) is 4.55. The van der Waals surface area contributed by atoms with Crippen LogP contribution in [-0.2, 0) is 23.9 Å². The van der Waals surface area contributed by atoms with E-state index in [2.05, 4.69) is 4.74 Å². The van der Waals surface area contributed by atoms with E-state index in [0.29, 0.717) is 38.8 Å². The maximum atomic E-state index is 11.3. The second-order valence-corrected chi connectivity index (χ2v) is 6.15. The highest BCUT2D eigenvalue weighted by Crippen LogP contribution is 2.16. The molecule has 0 saturated carbocycles. The second-order valence-electron chi connectivity index (χ2n) is 6.15. The van der Waals surface area contributed by atoms with Crippen LogP contribution in [0.1, 0.15) is 52.4 Å². The molecular formula is C17H29N3O5. The minimum Gasteiger partial charge on any atom is -0.467 e. The minimum absolute atomic E-state index is 0.0562. The fourth-order valence-electron chi connectivity index (χ4n) is 3.22. The number of amides is 3. The lowest BCUT2D eigenvalue weighted by atomic mass is 10.2. The highest BCUT2D eigenvalue weighted by Gasteiger charge is 2.32. The summed E-state index contributed by atoms with van der Waals surface area (Å²) in [7, 11) is 1.35. The molecule has 2 atom stereocenters. The molecule has 0 aliphatic carbocycles. The number of hydrogen-bond acceptors (Lipinski definition) is 5. The lowest BCUT2D eigenvalue weighted by molar-refractivity contribution is -0.151. The number of hydrogen-bond donors (Lipinski definition) is 1. The van der Waals surface area contributed by atoms with Crippen LogP contribution in [0.4, 0.5) is 0 Å². The molecule has 0 bridgehead atoms. The maximum absolute atomic E-state index is 11.3. The molecule has 25 heavy (non-hydrogen) atoms. The number of likely N-dealkylation sites (tertiary alicyclic amines) is 2. The fourth-order valence-corrected chi connectivity index (χ4v) is 3.22. The van der Waals surface area contributed by atoms with Crippen molar-refractivity contribution in [3.8, 4) is 0 Å². The molecule has 2 fully saturated rings. The molecule has 8 heteroatoms. The molecular weight excluding hydrogens is 326 g/mol. The van der Waals surface area contributed by atoms with Crippen molar-refractivity contribution < 1.29 is 23.9 Å². The van der Waals surface area contributed by atoms with Crippen LogP contribution < -0.4 is 5.73 Å². The van der Waals surface area contributed by atoms with Crippen LogP contribution in [0.15, 0.2) is 0 Å². The first-order valence-corrected chi connectivity index (χ1v) is 8.83. The molecule has 2 aliphatic rings. The topological polar surface area (TPSA) is 110 Å². The Morgan fingerprint density at radius 1 is 1.00 bits per heavy atom. The van der Waals surface area contributed by atoms with Crippen LogP contribution in [0, 0.1) is 0 Å². The van der Waals surface area contributed by atoms with Crippen LogP contribution in [0.2, 0.25) is 0 Å². The molecule has 0 spiro atoms. The zero-order valence-electron chi connectivity index (χ0n) is 15.3. The Balaban J connectivity index is 0.000000251. The van der Waals surface area contributed by atoms with Gasteiger partial charge in [-0.05, 0) is 25.7 Å². The monoisotopic (exact) mass is 355 g/mol. The van der Waals surface area contributed by atoms with E-state index < -0.39 is 5.91 Å². The Labute approximate surface area is 148 Å². The molecule has 0 aromatic heterocycles. The van der Waals surface area contributed by atoms with Crippen LogP contribution >= 0.6 is 0 Å². The summed E-state index contributed by atoms with van der Waals surface area (Å²) in [4.78, 5) is 47.9. The van der Waals surface area contributed by atoms with Gasteiger partial charge in [-0.1, -0.05) is 13.8 Å². The number of primary amides is 1. The first-order valence-electron chi connectivity index (χ1n) is 8.83. The lowest BCUT2D eigenvalue weighted by Crippen LogP contribution is -2.44. The van der Waals surface area contributed by atoms with Crippen LogP contribution in [0.3, 0.4) is 0 Å². The number of nitrogens with two attached hydrogens (primary N) is 1. The second kappa shape index (κ2) is 10.0. The van der Waals surface area contributed by atoms with Gasteiger partial charge in [-0.15, -0.1) is 0 Å². The Bertz CT molecular complexity index is 509. The number of ether oxygens (including phenoxy) is 1. The highest BCUT2D eigenvalue weighted by molar-refractivity contribution is 5.87. The van der Waals surface area contributed by atoms with Crippen molar-refractivity contribution in [1.29, 1.82) is 0 Å². The lowest BCUT2D eigenvalue weighted by Gasteiger charge is -2.23. The quantitative estimate of drug-likeness (QED) is 0.695. The number of esters is 1. The van der Waals surface area contributed by atoms with E-state index in [1.54, 1.807) is 9.80 Å². The first kappa shape index (κ1) is 20.9. The molecule has 2 aliphatic heterocycles. The molecule has 142 valence electrons. The van der Waals surface area contributed by atoms with Gasteiger partial charge in [0, 0.05) is 25.9 Å². The number of nitrogens with zero attached hydrogens (tertiary/aromatic N) is 2. The molecule has 2 rings (SSSR count). The van der Waals surface area contributed by atoms with E-state index in [1.807, 2.05) is 13.8 Å². The zero-order valence-corrected chi connectivity index (χ0v) is 15.3. The minimum atomic E-state index is -0.396. The Morgan fingerprint density at radius 3 is 1.72 bits per heavy atom. The number of carbonyl (C=O) groups excluding carboxylic acids is 4. The Morgan fingerprint density at radius 2 is 1.44 bits per heavy atom. The summed E-state index contributed by atoms with van der Waals surface area (Å²) in [5, 5.41) is 0. The van der Waals surface area contributed by atoms with Crippen molar-refractivity contribution in [3.05, 3.63) is 0 Å². The molecule has 0 aromatic carbocycles. The molecule has 3 amide bonds. The van der Waals surface area contributed by atoms with Crippen molar-refractivity contribution in [2.75, 3.05) is 20.2 Å². The van der Waals surface area contributed by atoms with Gasteiger partial charge in [-0.25, -0.2) is 4.79 Å². The Kier molecular flexibility index (Phi) is 8.37. The first-order chi connectivity index (χ1) is 11.9. The van der Waals surface area contributed by atoms with E-state index in [-0.39, 0.29) is 29.9 Å². The van der Waals surface area contributed by atoms with E-state index in [1.165, 1.54) is 7.11 Å². The van der Waals surface area contributed by atoms with Crippen LogP contribution in [0.25, 0.3) is 0 Å². The highest BCUT2D eigenvalue weighted by atomic mass is 16.5. The van der Waals surface area contributed by atoms with E-state index >= 15 is 0 Å². The predicted octanol–water partition coefficient (Wildman–Crippen LogP) is 0.433. The van der Waals surface area contributed by atoms with Gasteiger partial charge in [0.25, 0.3) is 0 Å². The van der Waals surface area contributed by atoms with Gasteiger partial charge in [-0.3, -0.25) is 14.4 Å². The standard InChI is InChI=1S/C9H15NO3.C8H14N2O2/c1-3-7(9(12)13-2)10-6-4-5-8(10)11;1-2-6(8(9)12)10-5-3-4-7(10)11/h7H,3-6H2,1-2H3;6H,2-5H2,1H3,(H2,9,12)/t7-;6-/m00/s1. The molecule has 0 radical (unpaired) electrons. The van der Waals surface area contributed by atoms with E-state index in [0.717, 1.165) is 12.8 Å². The van der Waals surface area contributed by atoms with Gasteiger partial charge in [0.05, 0.1) is 7.11 Å². The average Bonchev–Trinajstić information content (AvgIpc) is 3.18. The summed E-state index contributed by atoms with van der Waals surface area (Å²) in [6.07, 6.45) is 4.06. The predicted molar refractivity (Wildman–Crippen MR) is 91.3 cm³/mol. The molecule has 0 aromatic rings. The smallest absolute Gasteiger partial charge is 0.328 e. The maximum Gasteiger partial charge on any atom is 0.328 e. The van der Waals surface area contributed by atoms with Gasteiger partial charge < -0.3 is 20.3 Å². The zero-order chi connectivity index (χ0) is 19.0. The van der Waals surface area contributed by atoms with Crippen molar-refractivity contribution in [2.24, 2.45) is 5.73 Å². The summed E-state index contributed by atoms with van der Waals surface area (Å²) in [6, 6.07) is -0.764. The Hall–Kier alpha value is -2.12. The molecule has 0 unspecified atom stereocenters. The third-order valence-electron chi connectivity index (χ3n) is 4.55. The molecule has 8 nitrogen and oxygen atoms in total. The molecule has 2 heterocycles.